The summed E-state index contributed by atoms with van der Waals surface area (Å²) >= 11 is 0. The standard InChI is InChI=1S/C26H46N2/c1-17(27-6)18-10-12-24(5)20-9-8-19-22(2,3)21(28-7)11-13-25(19)16-26(20,25)15-14-23(18,24)4/h17-21,27-28H,8-16H2,1-7H3/t17-,18+,19-,20+,21-,23+,24-,25+,26-/m0/s1. The normalized spacial score (nSPS) is 57.5. The second-order valence-corrected chi connectivity index (χ2v) is 12.9. The minimum Gasteiger partial charge on any atom is -0.317 e. The molecule has 9 atom stereocenters. The van der Waals surface area contributed by atoms with E-state index >= 15 is 0 Å². The van der Waals surface area contributed by atoms with Gasteiger partial charge in [-0.1, -0.05) is 27.7 Å². The van der Waals surface area contributed by atoms with E-state index < -0.39 is 0 Å². The fourth-order valence-corrected chi connectivity index (χ4v) is 10.9. The van der Waals surface area contributed by atoms with Gasteiger partial charge in [-0.3, -0.25) is 0 Å². The molecule has 0 aromatic rings. The third-order valence-electron chi connectivity index (χ3n) is 12.6. The highest BCUT2D eigenvalue weighted by Crippen LogP contribution is 2.88. The molecule has 5 saturated carbocycles. The van der Waals surface area contributed by atoms with E-state index in [-0.39, 0.29) is 0 Å². The Labute approximate surface area is 174 Å². The molecule has 2 heteroatoms. The number of rotatable bonds is 3. The van der Waals surface area contributed by atoms with Gasteiger partial charge >= 0.3 is 0 Å². The lowest BCUT2D eigenvalue weighted by molar-refractivity contribution is -0.143. The third kappa shape index (κ3) is 1.99. The lowest BCUT2D eigenvalue weighted by Gasteiger charge is -2.63. The van der Waals surface area contributed by atoms with Crippen LogP contribution in [-0.4, -0.2) is 26.2 Å². The highest BCUT2D eigenvalue weighted by molar-refractivity contribution is 5.31. The molecule has 0 heterocycles. The fourth-order valence-electron chi connectivity index (χ4n) is 10.9. The fraction of sp³-hybridized carbons (Fsp3) is 1.00. The van der Waals surface area contributed by atoms with Crippen LogP contribution in [0.3, 0.4) is 0 Å². The van der Waals surface area contributed by atoms with Crippen molar-refractivity contribution in [1.82, 2.24) is 10.6 Å². The molecule has 0 aromatic carbocycles. The summed E-state index contributed by atoms with van der Waals surface area (Å²) < 4.78 is 0. The molecule has 2 spiro atoms. The molecule has 0 aromatic heterocycles. The van der Waals surface area contributed by atoms with Crippen LogP contribution in [-0.2, 0) is 0 Å². The van der Waals surface area contributed by atoms with Crippen LogP contribution in [0.1, 0.15) is 92.4 Å². The first kappa shape index (κ1) is 19.9. The van der Waals surface area contributed by atoms with Crippen molar-refractivity contribution in [2.75, 3.05) is 14.1 Å². The van der Waals surface area contributed by atoms with E-state index in [0.717, 1.165) is 17.8 Å². The van der Waals surface area contributed by atoms with Gasteiger partial charge in [-0.2, -0.15) is 0 Å². The van der Waals surface area contributed by atoms with Crippen LogP contribution in [0.4, 0.5) is 0 Å². The van der Waals surface area contributed by atoms with Crippen molar-refractivity contribution < 1.29 is 0 Å². The van der Waals surface area contributed by atoms with Crippen LogP contribution in [0, 0.1) is 44.8 Å². The summed E-state index contributed by atoms with van der Waals surface area (Å²) in [5, 5.41) is 7.33. The van der Waals surface area contributed by atoms with Crippen LogP contribution in [0.25, 0.3) is 0 Å². The zero-order valence-electron chi connectivity index (χ0n) is 19.8. The van der Waals surface area contributed by atoms with Crippen molar-refractivity contribution in [3.8, 4) is 0 Å². The molecule has 5 fully saturated rings. The smallest absolute Gasteiger partial charge is 0.0118 e. The molecule has 0 saturated heterocycles. The van der Waals surface area contributed by atoms with E-state index in [9.17, 15) is 0 Å². The predicted octanol–water partition coefficient (Wildman–Crippen LogP) is 5.62. The summed E-state index contributed by atoms with van der Waals surface area (Å²) in [7, 11) is 4.38. The largest absolute Gasteiger partial charge is 0.317 e. The Bertz CT molecular complexity index is 657. The molecule has 5 rings (SSSR count). The Morgan fingerprint density at radius 1 is 0.750 bits per heavy atom. The van der Waals surface area contributed by atoms with Crippen molar-refractivity contribution in [3.63, 3.8) is 0 Å². The lowest BCUT2D eigenvalue weighted by atomic mass is 9.42. The molecule has 5 aliphatic rings. The molecule has 2 N–H and O–H groups in total. The summed E-state index contributed by atoms with van der Waals surface area (Å²) in [5.41, 5.74) is 2.98. The first-order valence-corrected chi connectivity index (χ1v) is 12.5. The van der Waals surface area contributed by atoms with E-state index in [2.05, 4.69) is 59.3 Å². The van der Waals surface area contributed by atoms with Gasteiger partial charge in [0.15, 0.2) is 0 Å². The van der Waals surface area contributed by atoms with Gasteiger partial charge in [0.05, 0.1) is 0 Å². The summed E-state index contributed by atoms with van der Waals surface area (Å²) in [6.45, 7) is 13.1. The van der Waals surface area contributed by atoms with E-state index in [1.54, 1.807) is 6.42 Å². The molecule has 28 heavy (non-hydrogen) atoms. The Hall–Kier alpha value is -0.0800. The maximum absolute atomic E-state index is 3.70. The molecule has 0 aliphatic heterocycles. The van der Waals surface area contributed by atoms with Crippen LogP contribution < -0.4 is 10.6 Å². The molecular weight excluding hydrogens is 340 g/mol. The second-order valence-electron chi connectivity index (χ2n) is 12.9. The molecule has 0 unspecified atom stereocenters. The molecule has 160 valence electrons. The van der Waals surface area contributed by atoms with Crippen LogP contribution in [0.15, 0.2) is 0 Å². The van der Waals surface area contributed by atoms with Gasteiger partial charge in [0.1, 0.15) is 0 Å². The maximum Gasteiger partial charge on any atom is 0.0118 e. The first-order valence-electron chi connectivity index (χ1n) is 12.5. The van der Waals surface area contributed by atoms with Crippen molar-refractivity contribution in [1.29, 1.82) is 0 Å². The van der Waals surface area contributed by atoms with Gasteiger partial charge in [0, 0.05) is 12.1 Å². The van der Waals surface area contributed by atoms with Gasteiger partial charge in [0.25, 0.3) is 0 Å². The average molecular weight is 387 g/mol. The number of hydrogen-bond donors (Lipinski definition) is 2. The topological polar surface area (TPSA) is 24.1 Å². The third-order valence-corrected chi connectivity index (χ3v) is 12.6. The minimum absolute atomic E-state index is 0.460. The summed E-state index contributed by atoms with van der Waals surface area (Å²) in [6, 6.07) is 1.38. The van der Waals surface area contributed by atoms with Gasteiger partial charge in [-0.05, 0) is 124 Å². The van der Waals surface area contributed by atoms with Gasteiger partial charge < -0.3 is 10.6 Å². The average Bonchev–Trinajstić information content (AvgIpc) is 3.24. The quantitative estimate of drug-likeness (QED) is 0.657. The molecule has 0 amide bonds. The van der Waals surface area contributed by atoms with E-state index in [1.165, 1.54) is 51.4 Å². The van der Waals surface area contributed by atoms with E-state index in [4.69, 9.17) is 0 Å². The van der Waals surface area contributed by atoms with Crippen LogP contribution in [0.2, 0.25) is 0 Å². The Kier molecular flexibility index (Phi) is 4.10. The number of nitrogens with one attached hydrogen (secondary N) is 2. The molecule has 5 aliphatic carbocycles. The highest BCUT2D eigenvalue weighted by Gasteiger charge is 2.82. The Morgan fingerprint density at radius 3 is 2.11 bits per heavy atom. The van der Waals surface area contributed by atoms with Gasteiger partial charge in [-0.15, -0.1) is 0 Å². The minimum atomic E-state index is 0.460. The number of hydrogen-bond acceptors (Lipinski definition) is 2. The lowest BCUT2D eigenvalue weighted by Crippen LogP contribution is -2.59. The Balaban J connectivity index is 1.50. The number of fused-ring (bicyclic) bond motifs is 2. The summed E-state index contributed by atoms with van der Waals surface area (Å²) in [4.78, 5) is 0. The Morgan fingerprint density at radius 2 is 1.43 bits per heavy atom. The van der Waals surface area contributed by atoms with Crippen molar-refractivity contribution in [2.45, 2.75) is 104 Å². The molecule has 0 radical (unpaired) electrons. The van der Waals surface area contributed by atoms with E-state index in [1.807, 2.05) is 0 Å². The van der Waals surface area contributed by atoms with Crippen molar-refractivity contribution in [3.05, 3.63) is 0 Å². The van der Waals surface area contributed by atoms with Gasteiger partial charge in [-0.25, -0.2) is 0 Å². The highest BCUT2D eigenvalue weighted by atomic mass is 14.9. The predicted molar refractivity (Wildman–Crippen MR) is 118 cm³/mol. The molecule has 2 nitrogen and oxygen atoms in total. The monoisotopic (exact) mass is 386 g/mol. The summed E-state index contributed by atoms with van der Waals surface area (Å²) in [5.74, 6) is 2.80. The summed E-state index contributed by atoms with van der Waals surface area (Å²) in [6.07, 6.45) is 13.4. The van der Waals surface area contributed by atoms with Crippen LogP contribution in [0.5, 0.6) is 0 Å². The van der Waals surface area contributed by atoms with Crippen LogP contribution >= 0.6 is 0 Å². The SMILES string of the molecule is CN[C@@H](C)[C@H]1CC[C@@]2(C)[C@H]3CC[C@H]4C(C)(C)[C@@H](NC)CC[C@@]45C[C@@]35CC[C@]12C. The maximum atomic E-state index is 3.70. The molecular formula is C26H46N2. The zero-order valence-corrected chi connectivity index (χ0v) is 19.8. The zero-order chi connectivity index (χ0) is 20.2. The van der Waals surface area contributed by atoms with Crippen molar-refractivity contribution >= 4 is 0 Å². The molecule has 0 bridgehead atoms. The van der Waals surface area contributed by atoms with E-state index in [0.29, 0.717) is 39.2 Å². The van der Waals surface area contributed by atoms with Gasteiger partial charge in [0.2, 0.25) is 0 Å². The second kappa shape index (κ2) is 5.78. The van der Waals surface area contributed by atoms with Crippen molar-refractivity contribution in [2.24, 2.45) is 44.8 Å². The first-order chi connectivity index (χ1) is 13.1.